The van der Waals surface area contributed by atoms with Crippen molar-refractivity contribution in [3.05, 3.63) is 24.3 Å². The zero-order valence-electron chi connectivity index (χ0n) is 48.1. The zero-order valence-corrected chi connectivity index (χ0v) is 48.1. The Labute approximate surface area is 440 Å². The van der Waals surface area contributed by atoms with E-state index in [1.807, 2.05) is 0 Å². The van der Waals surface area contributed by atoms with Crippen LogP contribution in [0.3, 0.4) is 0 Å². The van der Waals surface area contributed by atoms with Crippen LogP contribution in [0.25, 0.3) is 0 Å². The number of carbonyl (C=O) groups is 1. The molecule has 2 unspecified atom stereocenters. The fourth-order valence-corrected chi connectivity index (χ4v) is 10.5. The van der Waals surface area contributed by atoms with Crippen LogP contribution < -0.4 is 5.32 Å². The molecule has 4 nitrogen and oxygen atoms in total. The molecule has 0 saturated carbocycles. The van der Waals surface area contributed by atoms with E-state index in [1.54, 1.807) is 0 Å². The number of rotatable bonds is 61. The van der Waals surface area contributed by atoms with Crippen LogP contribution >= 0.6 is 0 Å². The summed E-state index contributed by atoms with van der Waals surface area (Å²) in [7, 11) is 0. The van der Waals surface area contributed by atoms with Gasteiger partial charge in [0.1, 0.15) is 0 Å². The second-order valence-electron chi connectivity index (χ2n) is 22.5. The Morgan fingerprint density at radius 3 is 0.857 bits per heavy atom. The molecule has 1 amide bonds. The van der Waals surface area contributed by atoms with Gasteiger partial charge in [0.2, 0.25) is 5.91 Å². The third-order valence-electron chi connectivity index (χ3n) is 15.5. The summed E-state index contributed by atoms with van der Waals surface area (Å²) in [5.74, 6) is -0.0224. The third kappa shape index (κ3) is 57.8. The number of carbonyl (C=O) groups excluding carboxylic acids is 1. The van der Waals surface area contributed by atoms with Crippen LogP contribution in [-0.2, 0) is 4.79 Å². The summed E-state index contributed by atoms with van der Waals surface area (Å²) in [6.07, 6.45) is 83.6. The highest BCUT2D eigenvalue weighted by Gasteiger charge is 2.20. The fourth-order valence-electron chi connectivity index (χ4n) is 10.5. The molecule has 0 saturated heterocycles. The minimum Gasteiger partial charge on any atom is -0.394 e. The van der Waals surface area contributed by atoms with Crippen LogP contribution in [0.2, 0.25) is 0 Å². The molecule has 0 heterocycles. The van der Waals surface area contributed by atoms with Crippen LogP contribution in [-0.4, -0.2) is 34.9 Å². The van der Waals surface area contributed by atoms with Crippen molar-refractivity contribution in [2.24, 2.45) is 0 Å². The first kappa shape index (κ1) is 68.9. The molecule has 0 aliphatic rings. The van der Waals surface area contributed by atoms with Crippen LogP contribution in [0, 0.1) is 0 Å². The number of amides is 1. The van der Waals surface area contributed by atoms with Crippen molar-refractivity contribution in [3.8, 4) is 0 Å². The highest BCUT2D eigenvalue weighted by molar-refractivity contribution is 5.76. The Hall–Kier alpha value is -1.13. The summed E-state index contributed by atoms with van der Waals surface area (Å²) in [5, 5.41) is 23.4. The van der Waals surface area contributed by atoms with E-state index in [0.717, 1.165) is 32.1 Å². The molecule has 2 atom stereocenters. The molecule has 0 bridgehead atoms. The standard InChI is InChI=1S/C66H129NO3/c1-3-5-7-9-11-13-15-17-19-21-23-24-25-26-27-28-29-30-31-32-33-34-35-36-37-38-39-40-41-42-44-46-48-50-52-54-56-58-60-62-66(70)67-64(63-68)65(69)61-59-57-55-53-51-49-47-45-43-22-20-18-16-14-12-10-8-6-4-2/h15,17,21,23,64-65,68-69H,3-14,16,18-20,22,24-63H2,1-2H3,(H,67,70)/b17-15-,23-21-. The van der Waals surface area contributed by atoms with E-state index < -0.39 is 12.1 Å². The number of allylic oxidation sites excluding steroid dienone is 4. The summed E-state index contributed by atoms with van der Waals surface area (Å²) < 4.78 is 0. The monoisotopic (exact) mass is 984 g/mol. The molecule has 0 aliphatic heterocycles. The van der Waals surface area contributed by atoms with Crippen LogP contribution in [0.4, 0.5) is 0 Å². The molecular weight excluding hydrogens is 855 g/mol. The maximum absolute atomic E-state index is 12.5. The highest BCUT2D eigenvalue weighted by atomic mass is 16.3. The predicted molar refractivity (Wildman–Crippen MR) is 313 cm³/mol. The average molecular weight is 985 g/mol. The Morgan fingerprint density at radius 2 is 0.586 bits per heavy atom. The molecule has 0 fully saturated rings. The van der Waals surface area contributed by atoms with Gasteiger partial charge in [-0.05, 0) is 44.9 Å². The lowest BCUT2D eigenvalue weighted by molar-refractivity contribution is -0.123. The smallest absolute Gasteiger partial charge is 0.220 e. The lowest BCUT2D eigenvalue weighted by Gasteiger charge is -2.22. The second kappa shape index (κ2) is 62.2. The molecule has 0 rings (SSSR count). The Morgan fingerprint density at radius 1 is 0.343 bits per heavy atom. The van der Waals surface area contributed by atoms with Crippen molar-refractivity contribution >= 4 is 5.91 Å². The second-order valence-corrected chi connectivity index (χ2v) is 22.5. The molecular formula is C66H129NO3. The van der Waals surface area contributed by atoms with Gasteiger partial charge in [-0.3, -0.25) is 4.79 Å². The van der Waals surface area contributed by atoms with Gasteiger partial charge in [0.15, 0.2) is 0 Å². The number of hydrogen-bond acceptors (Lipinski definition) is 3. The Bertz CT molecular complexity index is 1020. The van der Waals surface area contributed by atoms with Gasteiger partial charge in [-0.15, -0.1) is 0 Å². The first-order valence-electron chi connectivity index (χ1n) is 32.5. The lowest BCUT2D eigenvalue weighted by atomic mass is 10.0. The summed E-state index contributed by atoms with van der Waals surface area (Å²) in [4.78, 5) is 12.5. The van der Waals surface area contributed by atoms with Crippen LogP contribution in [0.15, 0.2) is 24.3 Å². The van der Waals surface area contributed by atoms with Crippen LogP contribution in [0.5, 0.6) is 0 Å². The first-order chi connectivity index (χ1) is 34.7. The third-order valence-corrected chi connectivity index (χ3v) is 15.5. The van der Waals surface area contributed by atoms with E-state index in [1.165, 1.54) is 315 Å². The van der Waals surface area contributed by atoms with Gasteiger partial charge in [0.05, 0.1) is 18.8 Å². The van der Waals surface area contributed by atoms with Crippen molar-refractivity contribution in [2.75, 3.05) is 6.61 Å². The maximum atomic E-state index is 12.5. The lowest BCUT2D eigenvalue weighted by Crippen LogP contribution is -2.45. The summed E-state index contributed by atoms with van der Waals surface area (Å²) in [6.45, 7) is 4.39. The number of aliphatic hydroxyl groups excluding tert-OH is 2. The van der Waals surface area contributed by atoms with Crippen molar-refractivity contribution < 1.29 is 15.0 Å². The van der Waals surface area contributed by atoms with Gasteiger partial charge in [0.25, 0.3) is 0 Å². The number of unbranched alkanes of at least 4 members (excludes halogenated alkanes) is 50. The maximum Gasteiger partial charge on any atom is 0.220 e. The summed E-state index contributed by atoms with van der Waals surface area (Å²) in [6, 6.07) is -0.533. The Balaban J connectivity index is 3.35. The van der Waals surface area contributed by atoms with E-state index in [4.69, 9.17) is 0 Å². The van der Waals surface area contributed by atoms with Gasteiger partial charge in [0, 0.05) is 6.42 Å². The Kier molecular flexibility index (Phi) is 61.2. The summed E-state index contributed by atoms with van der Waals surface area (Å²) >= 11 is 0. The molecule has 416 valence electrons. The highest BCUT2D eigenvalue weighted by Crippen LogP contribution is 2.19. The molecule has 0 radical (unpaired) electrons. The van der Waals surface area contributed by atoms with Gasteiger partial charge in [-0.1, -0.05) is 346 Å². The molecule has 0 aromatic rings. The number of aliphatic hydroxyl groups is 2. The topological polar surface area (TPSA) is 69.6 Å². The first-order valence-corrected chi connectivity index (χ1v) is 32.5. The van der Waals surface area contributed by atoms with Crippen molar-refractivity contribution in [2.45, 2.75) is 386 Å². The fraction of sp³-hybridized carbons (Fsp3) is 0.924. The minimum atomic E-state index is -0.657. The molecule has 70 heavy (non-hydrogen) atoms. The van der Waals surface area contributed by atoms with Crippen LogP contribution in [0.1, 0.15) is 373 Å². The largest absolute Gasteiger partial charge is 0.394 e. The van der Waals surface area contributed by atoms with E-state index >= 15 is 0 Å². The molecule has 0 aromatic heterocycles. The average Bonchev–Trinajstić information content (AvgIpc) is 3.36. The van der Waals surface area contributed by atoms with E-state index in [-0.39, 0.29) is 12.5 Å². The zero-order chi connectivity index (χ0) is 50.6. The van der Waals surface area contributed by atoms with Crippen molar-refractivity contribution in [3.63, 3.8) is 0 Å². The van der Waals surface area contributed by atoms with Crippen molar-refractivity contribution in [1.82, 2.24) is 5.32 Å². The van der Waals surface area contributed by atoms with Crippen molar-refractivity contribution in [1.29, 1.82) is 0 Å². The summed E-state index contributed by atoms with van der Waals surface area (Å²) in [5.41, 5.74) is 0. The van der Waals surface area contributed by atoms with Gasteiger partial charge in [-0.2, -0.15) is 0 Å². The quantitative estimate of drug-likeness (QED) is 0.0420. The molecule has 3 N–H and O–H groups in total. The van der Waals surface area contributed by atoms with E-state index in [9.17, 15) is 15.0 Å². The predicted octanol–water partition coefficient (Wildman–Crippen LogP) is 21.8. The number of hydrogen-bond donors (Lipinski definition) is 3. The number of nitrogens with one attached hydrogen (secondary N) is 1. The normalized spacial score (nSPS) is 12.8. The molecule has 0 aliphatic carbocycles. The van der Waals surface area contributed by atoms with Gasteiger partial charge < -0.3 is 15.5 Å². The van der Waals surface area contributed by atoms with Gasteiger partial charge in [-0.25, -0.2) is 0 Å². The SMILES string of the molecule is CCCCCCC/C=C\C/C=C\CCCCCCCCCCCCCCCCCCCCCCCCCCCCCC(=O)NC(CO)C(O)CCCCCCCCCCCCCCCCCCCCC. The van der Waals surface area contributed by atoms with E-state index in [2.05, 4.69) is 43.5 Å². The van der Waals surface area contributed by atoms with E-state index in [0.29, 0.717) is 12.8 Å². The minimum absolute atomic E-state index is 0.0224. The molecule has 4 heteroatoms. The molecule has 0 spiro atoms. The van der Waals surface area contributed by atoms with Gasteiger partial charge >= 0.3 is 0 Å². The molecule has 0 aromatic carbocycles.